The van der Waals surface area contributed by atoms with E-state index in [1.165, 1.54) is 16.9 Å². The van der Waals surface area contributed by atoms with Gasteiger partial charge < -0.3 is 16.0 Å². The predicted octanol–water partition coefficient (Wildman–Crippen LogP) is 3.16. The van der Waals surface area contributed by atoms with Gasteiger partial charge in [-0.2, -0.15) is 0 Å². The van der Waals surface area contributed by atoms with Gasteiger partial charge >= 0.3 is 0 Å². The molecule has 2 aromatic rings. The molecule has 1 aromatic heterocycles. The minimum Gasteiger partial charge on any atom is -0.357 e. The summed E-state index contributed by atoms with van der Waals surface area (Å²) in [5.74, 6) is 1.03. The second-order valence-corrected chi connectivity index (χ2v) is 6.84. The maximum Gasteiger partial charge on any atom is 0.263 e. The van der Waals surface area contributed by atoms with Crippen molar-refractivity contribution < 1.29 is 4.79 Å². The summed E-state index contributed by atoms with van der Waals surface area (Å²) >= 11 is 1.36. The highest BCUT2D eigenvalue weighted by atomic mass is 127. The first-order valence-corrected chi connectivity index (χ1v) is 9.75. The summed E-state index contributed by atoms with van der Waals surface area (Å²) < 4.78 is 0. The summed E-state index contributed by atoms with van der Waals surface area (Å²) in [5, 5.41) is 9.39. The second-order valence-electron chi connectivity index (χ2n) is 5.98. The molecule has 0 aliphatic carbocycles. The number of carbonyl (C=O) groups excluding carboxylic acids is 1. The minimum atomic E-state index is -0.0774. The minimum absolute atomic E-state index is 0. The van der Waals surface area contributed by atoms with Crippen LogP contribution in [0.1, 0.15) is 40.7 Å². The molecule has 0 fully saturated rings. The van der Waals surface area contributed by atoms with Crippen LogP contribution in [0, 0.1) is 6.92 Å². The Kier molecular flexibility index (Phi) is 11.0. The number of halogens is 1. The van der Waals surface area contributed by atoms with Gasteiger partial charge in [0.25, 0.3) is 5.91 Å². The van der Waals surface area contributed by atoms with E-state index in [1.807, 2.05) is 32.0 Å². The Morgan fingerprint density at radius 1 is 1.19 bits per heavy atom. The number of hydrogen-bond donors (Lipinski definition) is 3. The van der Waals surface area contributed by atoms with E-state index in [2.05, 4.69) is 45.0 Å². The lowest BCUT2D eigenvalue weighted by Crippen LogP contribution is -2.41. The van der Waals surface area contributed by atoms with Gasteiger partial charge in [0.1, 0.15) is 4.88 Å². The van der Waals surface area contributed by atoms with Crippen LogP contribution >= 0.6 is 35.3 Å². The number of nitrogens with one attached hydrogen (secondary N) is 3. The van der Waals surface area contributed by atoms with Gasteiger partial charge in [-0.25, -0.2) is 4.98 Å². The lowest BCUT2D eigenvalue weighted by molar-refractivity contribution is 0.0957. The van der Waals surface area contributed by atoms with Crippen molar-refractivity contribution in [3.05, 3.63) is 52.0 Å². The molecule has 1 unspecified atom stereocenters. The number of nitrogens with zero attached hydrogens (tertiary/aromatic N) is 2. The molecule has 8 heteroatoms. The van der Waals surface area contributed by atoms with Crippen molar-refractivity contribution in [2.24, 2.45) is 4.99 Å². The molecule has 27 heavy (non-hydrogen) atoms. The molecule has 3 N–H and O–H groups in total. The summed E-state index contributed by atoms with van der Waals surface area (Å²) in [4.78, 5) is 21.5. The molecule has 0 spiro atoms. The number of rotatable bonds is 8. The third-order valence-corrected chi connectivity index (χ3v) is 4.82. The zero-order valence-electron chi connectivity index (χ0n) is 16.0. The van der Waals surface area contributed by atoms with Crippen molar-refractivity contribution in [2.75, 3.05) is 26.2 Å². The molecule has 2 rings (SSSR count). The SMILES string of the molecule is CCNC(=NCC(C)c1ccccc1)NCCNC(=O)c1scnc1C.I. The molecule has 0 radical (unpaired) electrons. The normalized spacial score (nSPS) is 12.0. The maximum absolute atomic E-state index is 12.1. The van der Waals surface area contributed by atoms with E-state index in [9.17, 15) is 4.79 Å². The number of hydrogen-bond acceptors (Lipinski definition) is 4. The zero-order chi connectivity index (χ0) is 18.8. The van der Waals surface area contributed by atoms with Crippen LogP contribution in [-0.2, 0) is 0 Å². The van der Waals surface area contributed by atoms with Gasteiger partial charge in [-0.3, -0.25) is 9.79 Å². The molecule has 1 aromatic carbocycles. The Hall–Kier alpha value is -1.68. The van der Waals surface area contributed by atoms with Crippen LogP contribution in [0.3, 0.4) is 0 Å². The van der Waals surface area contributed by atoms with Crippen LogP contribution in [0.2, 0.25) is 0 Å². The Balaban J connectivity index is 0.00000364. The largest absolute Gasteiger partial charge is 0.357 e. The van der Waals surface area contributed by atoms with Crippen LogP contribution in [0.15, 0.2) is 40.8 Å². The molecule has 1 atom stereocenters. The molecular formula is C19H28IN5OS. The number of thiazole rings is 1. The molecule has 0 saturated heterocycles. The van der Waals surface area contributed by atoms with Crippen LogP contribution in [0.25, 0.3) is 0 Å². The number of benzene rings is 1. The number of carbonyl (C=O) groups is 1. The average molecular weight is 501 g/mol. The van der Waals surface area contributed by atoms with Crippen LogP contribution < -0.4 is 16.0 Å². The van der Waals surface area contributed by atoms with Crippen molar-refractivity contribution in [3.63, 3.8) is 0 Å². The number of aryl methyl sites for hydroxylation is 1. The fraction of sp³-hybridized carbons (Fsp3) is 0.421. The Labute approximate surface area is 182 Å². The number of aromatic nitrogens is 1. The molecular weight excluding hydrogens is 473 g/mol. The maximum atomic E-state index is 12.1. The highest BCUT2D eigenvalue weighted by Crippen LogP contribution is 2.14. The number of amides is 1. The van der Waals surface area contributed by atoms with Crippen molar-refractivity contribution in [3.8, 4) is 0 Å². The van der Waals surface area contributed by atoms with E-state index in [0.29, 0.717) is 30.4 Å². The topological polar surface area (TPSA) is 78.4 Å². The van der Waals surface area contributed by atoms with Gasteiger partial charge in [-0.1, -0.05) is 37.3 Å². The highest BCUT2D eigenvalue weighted by Gasteiger charge is 2.10. The van der Waals surface area contributed by atoms with Crippen molar-refractivity contribution >= 4 is 47.2 Å². The molecule has 0 aliphatic rings. The first kappa shape index (κ1) is 23.4. The summed E-state index contributed by atoms with van der Waals surface area (Å²) in [6, 6.07) is 10.4. The third-order valence-electron chi connectivity index (χ3n) is 3.89. The van der Waals surface area contributed by atoms with Crippen molar-refractivity contribution in [1.82, 2.24) is 20.9 Å². The van der Waals surface area contributed by atoms with Gasteiger partial charge in [0.15, 0.2) is 5.96 Å². The smallest absolute Gasteiger partial charge is 0.263 e. The van der Waals surface area contributed by atoms with Gasteiger partial charge in [0, 0.05) is 32.1 Å². The lowest BCUT2D eigenvalue weighted by atomic mass is 10.0. The molecule has 1 amide bonds. The lowest BCUT2D eigenvalue weighted by Gasteiger charge is -2.14. The van der Waals surface area contributed by atoms with E-state index in [4.69, 9.17) is 0 Å². The average Bonchev–Trinajstić information content (AvgIpc) is 3.09. The molecule has 1 heterocycles. The van der Waals surface area contributed by atoms with Gasteiger partial charge in [-0.05, 0) is 19.4 Å². The standard InChI is InChI=1S/C19H27N5OS.HI/c1-4-20-19(23-12-14(2)16-8-6-5-7-9-16)22-11-10-21-18(25)17-15(3)24-13-26-17;/h5-9,13-14H,4,10-12H2,1-3H3,(H,21,25)(H2,20,22,23);1H. The van der Waals surface area contributed by atoms with Crippen LogP contribution in [0.4, 0.5) is 0 Å². The fourth-order valence-electron chi connectivity index (χ4n) is 2.41. The molecule has 0 bridgehead atoms. The Bertz CT molecular complexity index is 720. The molecule has 6 nitrogen and oxygen atoms in total. The zero-order valence-corrected chi connectivity index (χ0v) is 19.1. The van der Waals surface area contributed by atoms with E-state index in [1.54, 1.807) is 5.51 Å². The number of guanidine groups is 1. The Morgan fingerprint density at radius 2 is 1.89 bits per heavy atom. The quantitative estimate of drug-likeness (QED) is 0.225. The van der Waals surface area contributed by atoms with Gasteiger partial charge in [-0.15, -0.1) is 35.3 Å². The van der Waals surface area contributed by atoms with Gasteiger partial charge in [0.05, 0.1) is 11.2 Å². The number of aliphatic imine (C=N–C) groups is 1. The van der Waals surface area contributed by atoms with E-state index >= 15 is 0 Å². The monoisotopic (exact) mass is 501 g/mol. The first-order valence-electron chi connectivity index (χ1n) is 8.87. The van der Waals surface area contributed by atoms with E-state index in [-0.39, 0.29) is 29.9 Å². The fourth-order valence-corrected chi connectivity index (χ4v) is 3.13. The van der Waals surface area contributed by atoms with E-state index < -0.39 is 0 Å². The van der Waals surface area contributed by atoms with Crippen molar-refractivity contribution in [2.45, 2.75) is 26.7 Å². The first-order chi connectivity index (χ1) is 12.6. The molecule has 0 saturated carbocycles. The van der Waals surface area contributed by atoms with Crippen LogP contribution in [0.5, 0.6) is 0 Å². The summed E-state index contributed by atoms with van der Waals surface area (Å²) in [5.41, 5.74) is 3.73. The summed E-state index contributed by atoms with van der Waals surface area (Å²) in [6.45, 7) is 8.66. The highest BCUT2D eigenvalue weighted by molar-refractivity contribution is 14.0. The predicted molar refractivity (Wildman–Crippen MR) is 123 cm³/mol. The summed E-state index contributed by atoms with van der Waals surface area (Å²) in [6.07, 6.45) is 0. The third kappa shape index (κ3) is 7.84. The second kappa shape index (κ2) is 12.7. The van der Waals surface area contributed by atoms with Gasteiger partial charge in [0.2, 0.25) is 0 Å². The van der Waals surface area contributed by atoms with Crippen LogP contribution in [-0.4, -0.2) is 43.0 Å². The Morgan fingerprint density at radius 3 is 2.52 bits per heavy atom. The van der Waals surface area contributed by atoms with E-state index in [0.717, 1.165) is 18.2 Å². The summed E-state index contributed by atoms with van der Waals surface area (Å²) in [7, 11) is 0. The molecule has 148 valence electrons. The van der Waals surface area contributed by atoms with Crippen molar-refractivity contribution in [1.29, 1.82) is 0 Å². The molecule has 0 aliphatic heterocycles.